The van der Waals surface area contributed by atoms with E-state index in [1.807, 2.05) is 0 Å². The van der Waals surface area contributed by atoms with E-state index in [2.05, 4.69) is 0 Å². The number of ether oxygens (including phenoxy) is 1. The molecular formula is C6H14ClNO3. The zero-order chi connectivity index (χ0) is 8.20. The first-order valence-corrected chi connectivity index (χ1v) is 2.97. The summed E-state index contributed by atoms with van der Waals surface area (Å²) in [5, 5.41) is 8.34. The zero-order valence-corrected chi connectivity index (χ0v) is 7.48. The van der Waals surface area contributed by atoms with Crippen molar-refractivity contribution in [2.45, 2.75) is 18.9 Å². The van der Waals surface area contributed by atoms with E-state index in [0.717, 1.165) is 0 Å². The van der Waals surface area contributed by atoms with Gasteiger partial charge in [-0.15, -0.1) is 12.4 Å². The lowest BCUT2D eigenvalue weighted by molar-refractivity contribution is -0.138. The molecular weight excluding hydrogens is 170 g/mol. The summed E-state index contributed by atoms with van der Waals surface area (Å²) in [4.78, 5) is 10.2. The normalized spacial score (nSPS) is 14.8. The second kappa shape index (κ2) is 5.35. The second-order valence-electron chi connectivity index (χ2n) is 2.66. The highest BCUT2D eigenvalue weighted by atomic mass is 35.5. The Morgan fingerprint density at radius 2 is 2.18 bits per heavy atom. The maximum Gasteiger partial charge on any atom is 0.305 e. The van der Waals surface area contributed by atoms with Crippen molar-refractivity contribution in [1.82, 2.24) is 0 Å². The highest BCUT2D eigenvalue weighted by molar-refractivity contribution is 5.85. The topological polar surface area (TPSA) is 72.5 Å². The Kier molecular flexibility index (Phi) is 6.46. The van der Waals surface area contributed by atoms with Gasteiger partial charge in [0.2, 0.25) is 0 Å². The summed E-state index contributed by atoms with van der Waals surface area (Å²) in [5.74, 6) is -0.901. The van der Waals surface area contributed by atoms with E-state index in [4.69, 9.17) is 15.6 Å². The van der Waals surface area contributed by atoms with E-state index in [1.165, 1.54) is 7.11 Å². The lowest BCUT2D eigenvalue weighted by Gasteiger charge is -2.20. The molecule has 0 bridgehead atoms. The highest BCUT2D eigenvalue weighted by Gasteiger charge is 2.21. The summed E-state index contributed by atoms with van der Waals surface area (Å²) >= 11 is 0. The van der Waals surface area contributed by atoms with E-state index in [9.17, 15) is 4.79 Å². The minimum absolute atomic E-state index is 0. The Hall–Kier alpha value is -0.320. The molecule has 68 valence electrons. The van der Waals surface area contributed by atoms with Crippen LogP contribution in [0, 0.1) is 0 Å². The molecule has 0 spiro atoms. The van der Waals surface area contributed by atoms with Gasteiger partial charge in [0, 0.05) is 12.6 Å². The number of methoxy groups -OCH3 is 1. The molecule has 0 heterocycles. The minimum Gasteiger partial charge on any atom is -0.481 e. The Balaban J connectivity index is 0. The molecule has 0 aromatic carbocycles. The van der Waals surface area contributed by atoms with Crippen LogP contribution in [0.1, 0.15) is 13.3 Å². The van der Waals surface area contributed by atoms with Crippen LogP contribution in [0.4, 0.5) is 0 Å². The van der Waals surface area contributed by atoms with Crippen molar-refractivity contribution in [2.24, 2.45) is 5.73 Å². The summed E-state index contributed by atoms with van der Waals surface area (Å²) in [5.41, 5.74) is 4.77. The van der Waals surface area contributed by atoms with Crippen molar-refractivity contribution in [1.29, 1.82) is 0 Å². The molecule has 0 aliphatic rings. The summed E-state index contributed by atoms with van der Waals surface area (Å²) in [7, 11) is 1.49. The molecule has 4 nitrogen and oxygen atoms in total. The van der Waals surface area contributed by atoms with Crippen LogP contribution in [0.3, 0.4) is 0 Å². The molecule has 0 aromatic heterocycles. The molecule has 0 fully saturated rings. The molecule has 5 heteroatoms. The van der Waals surface area contributed by atoms with Gasteiger partial charge in [0.05, 0.1) is 13.0 Å². The van der Waals surface area contributed by atoms with E-state index < -0.39 is 11.5 Å². The Bertz CT molecular complexity index is 127. The Morgan fingerprint density at radius 3 is 2.45 bits per heavy atom. The fourth-order valence-electron chi connectivity index (χ4n) is 0.726. The monoisotopic (exact) mass is 183 g/mol. The first kappa shape index (κ1) is 13.3. The maximum atomic E-state index is 10.2. The molecule has 0 radical (unpaired) electrons. The van der Waals surface area contributed by atoms with Crippen LogP contribution in [0.15, 0.2) is 0 Å². The van der Waals surface area contributed by atoms with Gasteiger partial charge in [0.1, 0.15) is 0 Å². The summed E-state index contributed by atoms with van der Waals surface area (Å²) < 4.78 is 4.72. The predicted octanol–water partition coefficient (Wildman–Crippen LogP) is 0.247. The van der Waals surface area contributed by atoms with Crippen LogP contribution in [0.2, 0.25) is 0 Å². The largest absolute Gasteiger partial charge is 0.481 e. The summed E-state index contributed by atoms with van der Waals surface area (Å²) in [6.45, 7) is 1.91. The van der Waals surface area contributed by atoms with Crippen LogP contribution in [-0.2, 0) is 9.53 Å². The van der Waals surface area contributed by atoms with E-state index in [0.29, 0.717) is 0 Å². The summed E-state index contributed by atoms with van der Waals surface area (Å²) in [6.07, 6.45) is -0.0686. The van der Waals surface area contributed by atoms with Crippen LogP contribution < -0.4 is 5.73 Å². The number of hydrogen-bond acceptors (Lipinski definition) is 3. The van der Waals surface area contributed by atoms with Crippen molar-refractivity contribution in [3.8, 4) is 0 Å². The molecule has 1 atom stereocenters. The standard InChI is InChI=1S/C6H13NO3.ClH/c1-6(7,4-10-2)3-5(8)9;/h3-4,7H2,1-2H3,(H,8,9);1H. The van der Waals surface area contributed by atoms with Crippen molar-refractivity contribution in [2.75, 3.05) is 13.7 Å². The number of aliphatic carboxylic acids is 1. The third-order valence-electron chi connectivity index (χ3n) is 1.03. The fraction of sp³-hybridized carbons (Fsp3) is 0.833. The van der Waals surface area contributed by atoms with Gasteiger partial charge in [-0.3, -0.25) is 4.79 Å². The van der Waals surface area contributed by atoms with E-state index in [-0.39, 0.29) is 25.4 Å². The molecule has 0 rings (SSSR count). The number of carboxylic acid groups (broad SMARTS) is 1. The first-order chi connectivity index (χ1) is 4.48. The van der Waals surface area contributed by atoms with Crippen molar-refractivity contribution >= 4 is 18.4 Å². The highest BCUT2D eigenvalue weighted by Crippen LogP contribution is 2.04. The molecule has 3 N–H and O–H groups in total. The van der Waals surface area contributed by atoms with Gasteiger partial charge in [-0.2, -0.15) is 0 Å². The fourth-order valence-corrected chi connectivity index (χ4v) is 0.726. The lowest BCUT2D eigenvalue weighted by Crippen LogP contribution is -2.42. The minimum atomic E-state index is -0.901. The van der Waals surface area contributed by atoms with Crippen molar-refractivity contribution in [3.05, 3.63) is 0 Å². The molecule has 0 aromatic rings. The SMILES string of the molecule is COCC(C)(N)CC(=O)O.Cl. The van der Waals surface area contributed by atoms with E-state index in [1.54, 1.807) is 6.92 Å². The quantitative estimate of drug-likeness (QED) is 0.655. The van der Waals surface area contributed by atoms with Crippen molar-refractivity contribution < 1.29 is 14.6 Å². The van der Waals surface area contributed by atoms with Gasteiger partial charge in [-0.1, -0.05) is 0 Å². The maximum absolute atomic E-state index is 10.2. The number of carboxylic acids is 1. The van der Waals surface area contributed by atoms with Crippen LogP contribution in [-0.4, -0.2) is 30.3 Å². The van der Waals surface area contributed by atoms with Crippen LogP contribution in [0.5, 0.6) is 0 Å². The zero-order valence-electron chi connectivity index (χ0n) is 6.66. The van der Waals surface area contributed by atoms with Gasteiger partial charge in [-0.25, -0.2) is 0 Å². The van der Waals surface area contributed by atoms with Crippen molar-refractivity contribution in [3.63, 3.8) is 0 Å². The average Bonchev–Trinajstić information content (AvgIpc) is 1.59. The number of halogens is 1. The van der Waals surface area contributed by atoms with Gasteiger partial charge in [-0.05, 0) is 6.92 Å². The van der Waals surface area contributed by atoms with Gasteiger partial charge in [0.25, 0.3) is 0 Å². The lowest BCUT2D eigenvalue weighted by atomic mass is 10.0. The van der Waals surface area contributed by atoms with Gasteiger partial charge >= 0.3 is 5.97 Å². The van der Waals surface area contributed by atoms with Gasteiger partial charge in [0.15, 0.2) is 0 Å². The Labute approximate surface area is 72.1 Å². The molecule has 11 heavy (non-hydrogen) atoms. The average molecular weight is 184 g/mol. The molecule has 0 saturated heterocycles. The number of nitrogens with two attached hydrogens (primary N) is 1. The third-order valence-corrected chi connectivity index (χ3v) is 1.03. The first-order valence-electron chi connectivity index (χ1n) is 2.97. The smallest absolute Gasteiger partial charge is 0.305 e. The number of hydrogen-bond donors (Lipinski definition) is 2. The molecule has 0 aliphatic heterocycles. The van der Waals surface area contributed by atoms with Gasteiger partial charge < -0.3 is 15.6 Å². The molecule has 0 amide bonds. The Morgan fingerprint density at radius 1 is 1.73 bits per heavy atom. The van der Waals surface area contributed by atoms with Crippen LogP contribution >= 0.6 is 12.4 Å². The molecule has 1 unspecified atom stereocenters. The second-order valence-corrected chi connectivity index (χ2v) is 2.66. The molecule has 0 aliphatic carbocycles. The number of rotatable bonds is 4. The van der Waals surface area contributed by atoms with Crippen LogP contribution in [0.25, 0.3) is 0 Å². The third kappa shape index (κ3) is 7.58. The molecule has 0 saturated carbocycles. The predicted molar refractivity (Wildman–Crippen MR) is 44.0 cm³/mol. The van der Waals surface area contributed by atoms with E-state index >= 15 is 0 Å². The summed E-state index contributed by atoms with van der Waals surface area (Å²) in [6, 6.07) is 0. The number of carbonyl (C=O) groups is 1.